The molecule has 0 amide bonds. The van der Waals surface area contributed by atoms with Crippen LogP contribution in [0, 0.1) is 19.7 Å². The van der Waals surface area contributed by atoms with E-state index in [2.05, 4.69) is 0 Å². The fourth-order valence-electron chi connectivity index (χ4n) is 1.64. The van der Waals surface area contributed by atoms with Gasteiger partial charge in [-0.15, -0.1) is 0 Å². The lowest BCUT2D eigenvalue weighted by atomic mass is 10.1. The van der Waals surface area contributed by atoms with E-state index in [1.54, 1.807) is 0 Å². The summed E-state index contributed by atoms with van der Waals surface area (Å²) in [6.07, 6.45) is 0. The number of carbonyl (C=O) groups excluding carboxylic acids is 1. The monoisotopic (exact) mass is 265 g/mol. The number of thiazole rings is 1. The third-order valence-corrected chi connectivity index (χ3v) is 3.84. The highest BCUT2D eigenvalue weighted by Gasteiger charge is 2.12. The zero-order chi connectivity index (χ0) is 13.3. The van der Waals surface area contributed by atoms with Crippen molar-refractivity contribution < 1.29 is 9.18 Å². The van der Waals surface area contributed by atoms with Crippen LogP contribution in [-0.2, 0) is 6.54 Å². The van der Waals surface area contributed by atoms with Gasteiger partial charge in [0.1, 0.15) is 5.82 Å². The van der Waals surface area contributed by atoms with Gasteiger partial charge in [-0.25, -0.2) is 4.39 Å². The Kier molecular flexibility index (Phi) is 3.43. The van der Waals surface area contributed by atoms with Crippen LogP contribution >= 0.6 is 11.3 Å². The first-order chi connectivity index (χ1) is 8.49. The molecule has 0 N–H and O–H groups in total. The maximum atomic E-state index is 12.7. The summed E-state index contributed by atoms with van der Waals surface area (Å²) in [5, 5.41) is 0. The Balaban J connectivity index is 2.27. The molecule has 0 unspecified atom stereocenters. The molecule has 1 aromatic carbocycles. The van der Waals surface area contributed by atoms with Crippen LogP contribution in [0.25, 0.3) is 0 Å². The zero-order valence-corrected chi connectivity index (χ0v) is 10.9. The lowest BCUT2D eigenvalue weighted by Crippen LogP contribution is -2.20. The molecular formula is C13H12FNO2S. The van der Waals surface area contributed by atoms with Crippen molar-refractivity contribution in [3.05, 3.63) is 55.9 Å². The Bertz CT molecular complexity index is 640. The molecule has 0 aliphatic rings. The van der Waals surface area contributed by atoms with Crippen LogP contribution in [-0.4, -0.2) is 10.4 Å². The van der Waals surface area contributed by atoms with Gasteiger partial charge in [-0.05, 0) is 38.1 Å². The van der Waals surface area contributed by atoms with E-state index in [0.717, 1.165) is 21.9 Å². The van der Waals surface area contributed by atoms with Crippen LogP contribution in [0.5, 0.6) is 0 Å². The second-order valence-electron chi connectivity index (χ2n) is 4.03. The summed E-state index contributed by atoms with van der Waals surface area (Å²) in [6, 6.07) is 5.33. The summed E-state index contributed by atoms with van der Waals surface area (Å²) in [6.45, 7) is 3.66. The molecule has 0 spiro atoms. The number of Topliss-reactive ketones (excluding diaryl/α,β-unsaturated/α-hetero) is 1. The number of hydrogen-bond donors (Lipinski definition) is 0. The lowest BCUT2D eigenvalue weighted by molar-refractivity contribution is 0.0970. The number of halogens is 1. The van der Waals surface area contributed by atoms with Gasteiger partial charge < -0.3 is 0 Å². The standard InChI is InChI=1S/C13H12FNO2S/c1-8-9(2)18-13(17)15(8)7-12(16)10-3-5-11(14)6-4-10/h3-6H,7H2,1-2H3. The minimum absolute atomic E-state index is 0.000634. The van der Waals surface area contributed by atoms with Crippen molar-refractivity contribution in [3.63, 3.8) is 0 Å². The van der Waals surface area contributed by atoms with Crippen LogP contribution in [0.15, 0.2) is 29.1 Å². The van der Waals surface area contributed by atoms with Crippen molar-refractivity contribution in [2.24, 2.45) is 0 Å². The molecule has 2 rings (SSSR count). The summed E-state index contributed by atoms with van der Waals surface area (Å²) in [4.78, 5) is 24.4. The Morgan fingerprint density at radius 3 is 2.39 bits per heavy atom. The molecular weight excluding hydrogens is 253 g/mol. The van der Waals surface area contributed by atoms with Crippen LogP contribution < -0.4 is 4.87 Å². The molecule has 18 heavy (non-hydrogen) atoms. The highest BCUT2D eigenvalue weighted by molar-refractivity contribution is 7.09. The first kappa shape index (κ1) is 12.7. The molecule has 1 aromatic heterocycles. The average Bonchev–Trinajstić information content (AvgIpc) is 2.57. The predicted octanol–water partition coefficient (Wildman–Crippen LogP) is 2.55. The molecule has 0 radical (unpaired) electrons. The fraction of sp³-hybridized carbons (Fsp3) is 0.231. The van der Waals surface area contributed by atoms with Gasteiger partial charge in [0.2, 0.25) is 0 Å². The number of rotatable bonds is 3. The van der Waals surface area contributed by atoms with E-state index in [9.17, 15) is 14.0 Å². The summed E-state index contributed by atoms with van der Waals surface area (Å²) in [5.41, 5.74) is 1.21. The van der Waals surface area contributed by atoms with Gasteiger partial charge in [0.05, 0.1) is 6.54 Å². The molecule has 0 bridgehead atoms. The third-order valence-electron chi connectivity index (χ3n) is 2.84. The average molecular weight is 265 g/mol. The maximum absolute atomic E-state index is 12.7. The van der Waals surface area contributed by atoms with Gasteiger partial charge in [-0.1, -0.05) is 11.3 Å². The maximum Gasteiger partial charge on any atom is 0.307 e. The number of hydrogen-bond acceptors (Lipinski definition) is 3. The van der Waals surface area contributed by atoms with E-state index in [1.807, 2.05) is 13.8 Å². The second kappa shape index (κ2) is 4.86. The molecule has 2 aromatic rings. The van der Waals surface area contributed by atoms with Gasteiger partial charge in [-0.2, -0.15) is 0 Å². The minimum atomic E-state index is -0.383. The van der Waals surface area contributed by atoms with Crippen LogP contribution in [0.1, 0.15) is 20.9 Å². The normalized spacial score (nSPS) is 10.6. The summed E-state index contributed by atoms with van der Waals surface area (Å²) in [5.74, 6) is -0.579. The quantitative estimate of drug-likeness (QED) is 0.800. The first-order valence-corrected chi connectivity index (χ1v) is 6.26. The first-order valence-electron chi connectivity index (χ1n) is 5.44. The topological polar surface area (TPSA) is 39.1 Å². The molecule has 0 aliphatic carbocycles. The van der Waals surface area contributed by atoms with E-state index in [1.165, 1.54) is 28.8 Å². The number of benzene rings is 1. The third kappa shape index (κ3) is 2.41. The van der Waals surface area contributed by atoms with Gasteiger partial charge >= 0.3 is 4.87 Å². The van der Waals surface area contributed by atoms with Crippen LogP contribution in [0.2, 0.25) is 0 Å². The van der Waals surface area contributed by atoms with E-state index < -0.39 is 0 Å². The van der Waals surface area contributed by atoms with E-state index in [-0.39, 0.29) is 23.0 Å². The Morgan fingerprint density at radius 1 is 1.28 bits per heavy atom. The highest BCUT2D eigenvalue weighted by Crippen LogP contribution is 2.11. The largest absolute Gasteiger partial charge is 0.307 e. The van der Waals surface area contributed by atoms with Crippen LogP contribution in [0.4, 0.5) is 4.39 Å². The Morgan fingerprint density at radius 2 is 1.89 bits per heavy atom. The van der Waals surface area contributed by atoms with Gasteiger partial charge in [-0.3, -0.25) is 14.2 Å². The lowest BCUT2D eigenvalue weighted by Gasteiger charge is -2.04. The predicted molar refractivity (Wildman–Crippen MR) is 68.8 cm³/mol. The molecule has 0 atom stereocenters. The second-order valence-corrected chi connectivity index (χ2v) is 5.19. The van der Waals surface area contributed by atoms with Crippen molar-refractivity contribution in [1.29, 1.82) is 0 Å². The molecule has 94 valence electrons. The smallest absolute Gasteiger partial charge is 0.295 e. The number of aromatic nitrogens is 1. The molecule has 5 heteroatoms. The van der Waals surface area contributed by atoms with Gasteiger partial charge in [0.25, 0.3) is 0 Å². The van der Waals surface area contributed by atoms with Crippen molar-refractivity contribution in [2.75, 3.05) is 0 Å². The molecule has 3 nitrogen and oxygen atoms in total. The van der Waals surface area contributed by atoms with Crippen molar-refractivity contribution in [2.45, 2.75) is 20.4 Å². The molecule has 1 heterocycles. The highest BCUT2D eigenvalue weighted by atomic mass is 32.1. The molecule has 0 saturated carbocycles. The summed E-state index contributed by atoms with van der Waals surface area (Å²) in [7, 11) is 0. The number of ketones is 1. The van der Waals surface area contributed by atoms with E-state index in [4.69, 9.17) is 0 Å². The Hall–Kier alpha value is -1.75. The Labute approximate surface area is 108 Å². The van der Waals surface area contributed by atoms with Crippen LogP contribution in [0.3, 0.4) is 0 Å². The zero-order valence-electron chi connectivity index (χ0n) is 10.1. The number of carbonyl (C=O) groups is 1. The van der Waals surface area contributed by atoms with Crippen molar-refractivity contribution in [1.82, 2.24) is 4.57 Å². The number of nitrogens with zero attached hydrogens (tertiary/aromatic N) is 1. The minimum Gasteiger partial charge on any atom is -0.295 e. The fourth-order valence-corrected chi connectivity index (χ4v) is 2.47. The van der Waals surface area contributed by atoms with Gasteiger partial charge in [0.15, 0.2) is 5.78 Å². The van der Waals surface area contributed by atoms with E-state index in [0.29, 0.717) is 5.56 Å². The van der Waals surface area contributed by atoms with E-state index >= 15 is 0 Å². The number of aryl methyl sites for hydroxylation is 1. The molecule has 0 saturated heterocycles. The van der Waals surface area contributed by atoms with Gasteiger partial charge in [0, 0.05) is 16.1 Å². The molecule has 0 aliphatic heterocycles. The van der Waals surface area contributed by atoms with Crippen molar-refractivity contribution in [3.8, 4) is 0 Å². The SMILES string of the molecule is Cc1sc(=O)n(CC(=O)c2ccc(F)cc2)c1C. The molecule has 0 fully saturated rings. The summed E-state index contributed by atoms with van der Waals surface area (Å²) >= 11 is 1.13. The summed E-state index contributed by atoms with van der Waals surface area (Å²) < 4.78 is 14.2. The van der Waals surface area contributed by atoms with Crippen molar-refractivity contribution >= 4 is 17.1 Å².